The van der Waals surface area contributed by atoms with Crippen molar-refractivity contribution in [3.8, 4) is 44.5 Å². The molecule has 0 saturated heterocycles. The topological polar surface area (TPSA) is 0 Å². The number of rotatable bonds is 8. The van der Waals surface area contributed by atoms with E-state index in [1.165, 1.54) is 99.1 Å². The molecule has 0 bridgehead atoms. The van der Waals surface area contributed by atoms with Crippen LogP contribution in [-0.4, -0.2) is 0 Å². The highest BCUT2D eigenvalue weighted by Gasteiger charge is 2.38. The van der Waals surface area contributed by atoms with Crippen molar-refractivity contribution < 1.29 is 0 Å². The van der Waals surface area contributed by atoms with Crippen molar-refractivity contribution in [2.75, 3.05) is 0 Å². The van der Waals surface area contributed by atoms with Gasteiger partial charge in [0.1, 0.15) is 0 Å². The van der Waals surface area contributed by atoms with E-state index in [0.29, 0.717) is 0 Å². The van der Waals surface area contributed by atoms with E-state index >= 15 is 0 Å². The first-order valence-electron chi connectivity index (χ1n) is 21.2. The summed E-state index contributed by atoms with van der Waals surface area (Å²) in [6.07, 6.45) is 0. The second kappa shape index (κ2) is 15.4. The normalized spacial score (nSPS) is 11.6. The van der Waals surface area contributed by atoms with Gasteiger partial charge in [0.15, 0.2) is 0 Å². The van der Waals surface area contributed by atoms with Gasteiger partial charge in [-0.1, -0.05) is 224 Å². The summed E-state index contributed by atoms with van der Waals surface area (Å²) in [7, 11) is 0. The van der Waals surface area contributed by atoms with Crippen molar-refractivity contribution in [1.82, 2.24) is 0 Å². The standard InChI is InChI=1S/C61H42/c1-6-18-44(19-7-1)57-39-46-22-16-17-23-47(46)40-59(57)49-33-37-56-55-36-32-48(38-50(55)42-58(60(56)41-49)45-20-8-2-9-21-45)43-30-34-54(35-31-43)61(51-24-10-3-11-25-51,52-26-12-4-13-27-52)53-28-14-5-15-29-53/h1-42H. The first-order chi connectivity index (χ1) is 30.2. The first kappa shape index (κ1) is 36.3. The van der Waals surface area contributed by atoms with E-state index in [2.05, 4.69) is 255 Å². The van der Waals surface area contributed by atoms with E-state index in [9.17, 15) is 0 Å². The van der Waals surface area contributed by atoms with Gasteiger partial charge in [-0.15, -0.1) is 0 Å². The van der Waals surface area contributed by atoms with E-state index < -0.39 is 5.41 Å². The third kappa shape index (κ3) is 6.41. The highest BCUT2D eigenvalue weighted by atomic mass is 14.4. The van der Waals surface area contributed by atoms with Crippen LogP contribution in [0.25, 0.3) is 76.8 Å². The van der Waals surface area contributed by atoms with E-state index in [1.54, 1.807) is 0 Å². The molecule has 0 heterocycles. The van der Waals surface area contributed by atoms with E-state index in [0.717, 1.165) is 0 Å². The van der Waals surface area contributed by atoms with Crippen LogP contribution in [0.3, 0.4) is 0 Å². The first-order valence-corrected chi connectivity index (χ1v) is 21.2. The smallest absolute Gasteiger partial charge is 0.0622 e. The average Bonchev–Trinajstić information content (AvgIpc) is 3.35. The third-order valence-electron chi connectivity index (χ3n) is 12.6. The Hall–Kier alpha value is -7.80. The maximum absolute atomic E-state index is 2.42. The quantitative estimate of drug-likeness (QED) is 0.107. The maximum Gasteiger partial charge on any atom is 0.0701 e. The van der Waals surface area contributed by atoms with Crippen molar-refractivity contribution >= 4 is 32.3 Å². The number of hydrogen-bond donors (Lipinski definition) is 0. The Morgan fingerprint density at radius 1 is 0.197 bits per heavy atom. The zero-order valence-electron chi connectivity index (χ0n) is 33.7. The van der Waals surface area contributed by atoms with Gasteiger partial charge in [0.2, 0.25) is 0 Å². The predicted molar refractivity (Wildman–Crippen MR) is 259 cm³/mol. The molecule has 0 heteroatoms. The lowest BCUT2D eigenvalue weighted by atomic mass is 9.65. The lowest BCUT2D eigenvalue weighted by molar-refractivity contribution is 0.745. The van der Waals surface area contributed by atoms with Gasteiger partial charge in [0.05, 0.1) is 5.41 Å². The maximum atomic E-state index is 2.42. The molecule has 0 spiro atoms. The molecule has 0 aliphatic carbocycles. The molecule has 0 amide bonds. The minimum absolute atomic E-state index is 0.483. The minimum atomic E-state index is -0.483. The Bertz CT molecular complexity index is 3200. The van der Waals surface area contributed by atoms with Gasteiger partial charge in [0, 0.05) is 0 Å². The summed E-state index contributed by atoms with van der Waals surface area (Å²) < 4.78 is 0. The van der Waals surface area contributed by atoms with Crippen LogP contribution in [0.1, 0.15) is 22.3 Å². The number of fused-ring (bicyclic) bond motifs is 4. The van der Waals surface area contributed by atoms with Gasteiger partial charge in [-0.2, -0.15) is 0 Å². The molecule has 11 aromatic rings. The summed E-state index contributed by atoms with van der Waals surface area (Å²) in [4.78, 5) is 0. The second-order valence-corrected chi connectivity index (χ2v) is 16.0. The Morgan fingerprint density at radius 2 is 0.590 bits per heavy atom. The van der Waals surface area contributed by atoms with Gasteiger partial charge in [-0.25, -0.2) is 0 Å². The SMILES string of the molecule is c1ccc(-c2cc3ccccc3cc2-c2ccc3c(c2)c(-c2ccccc2)cc2cc(-c4ccc(C(c5ccccc5)(c5ccccc5)c5ccccc5)cc4)ccc23)cc1. The molecular formula is C61H42. The van der Waals surface area contributed by atoms with Crippen LogP contribution in [0.15, 0.2) is 255 Å². The van der Waals surface area contributed by atoms with Gasteiger partial charge >= 0.3 is 0 Å². The second-order valence-electron chi connectivity index (χ2n) is 16.0. The summed E-state index contributed by atoms with van der Waals surface area (Å²) >= 11 is 0. The Morgan fingerprint density at radius 3 is 1.13 bits per heavy atom. The van der Waals surface area contributed by atoms with Crippen LogP contribution in [0.5, 0.6) is 0 Å². The molecule has 0 N–H and O–H groups in total. The molecule has 11 aromatic carbocycles. The molecule has 0 nitrogen and oxygen atoms in total. The molecule has 0 atom stereocenters. The predicted octanol–water partition coefficient (Wildman–Crippen LogP) is 16.2. The van der Waals surface area contributed by atoms with Crippen LogP contribution in [0.4, 0.5) is 0 Å². The number of hydrogen-bond acceptors (Lipinski definition) is 0. The summed E-state index contributed by atoms with van der Waals surface area (Å²) in [5.41, 5.74) is 14.2. The fourth-order valence-corrected chi connectivity index (χ4v) is 9.68. The van der Waals surface area contributed by atoms with Gasteiger partial charge in [0.25, 0.3) is 0 Å². The fourth-order valence-electron chi connectivity index (χ4n) is 9.68. The molecular weight excluding hydrogens is 733 g/mol. The zero-order valence-corrected chi connectivity index (χ0v) is 33.7. The summed E-state index contributed by atoms with van der Waals surface area (Å²) in [5, 5.41) is 7.46. The van der Waals surface area contributed by atoms with Crippen molar-refractivity contribution in [1.29, 1.82) is 0 Å². The van der Waals surface area contributed by atoms with Gasteiger partial charge < -0.3 is 0 Å². The largest absolute Gasteiger partial charge is 0.0701 e. The van der Waals surface area contributed by atoms with E-state index in [1.807, 2.05) is 0 Å². The summed E-state index contributed by atoms with van der Waals surface area (Å²) in [5.74, 6) is 0. The fraction of sp³-hybridized carbons (Fsp3) is 0.0164. The summed E-state index contributed by atoms with van der Waals surface area (Å²) in [6.45, 7) is 0. The van der Waals surface area contributed by atoms with Crippen molar-refractivity contribution in [3.63, 3.8) is 0 Å². The summed E-state index contributed by atoms with van der Waals surface area (Å²) in [6, 6.07) is 93.6. The Kier molecular flexibility index (Phi) is 9.17. The molecule has 0 fully saturated rings. The van der Waals surface area contributed by atoms with Gasteiger partial charge in [-0.05, 0) is 129 Å². The Balaban J connectivity index is 1.06. The van der Waals surface area contributed by atoms with Crippen molar-refractivity contribution in [2.45, 2.75) is 5.41 Å². The zero-order chi connectivity index (χ0) is 40.6. The molecule has 0 radical (unpaired) electrons. The highest BCUT2D eigenvalue weighted by Crippen LogP contribution is 2.46. The molecule has 0 aliphatic rings. The van der Waals surface area contributed by atoms with Crippen molar-refractivity contribution in [3.05, 3.63) is 277 Å². The van der Waals surface area contributed by atoms with Crippen LogP contribution >= 0.6 is 0 Å². The van der Waals surface area contributed by atoms with Gasteiger partial charge in [-0.3, -0.25) is 0 Å². The highest BCUT2D eigenvalue weighted by molar-refractivity contribution is 6.15. The van der Waals surface area contributed by atoms with Crippen molar-refractivity contribution in [2.24, 2.45) is 0 Å². The molecule has 11 rings (SSSR count). The third-order valence-corrected chi connectivity index (χ3v) is 12.6. The minimum Gasteiger partial charge on any atom is -0.0622 e. The van der Waals surface area contributed by atoms with E-state index in [4.69, 9.17) is 0 Å². The molecule has 0 aliphatic heterocycles. The molecule has 0 aromatic heterocycles. The van der Waals surface area contributed by atoms with Crippen LogP contribution < -0.4 is 0 Å². The lowest BCUT2D eigenvalue weighted by Crippen LogP contribution is -2.30. The monoisotopic (exact) mass is 774 g/mol. The number of benzene rings is 11. The van der Waals surface area contributed by atoms with E-state index in [-0.39, 0.29) is 0 Å². The average molecular weight is 775 g/mol. The lowest BCUT2D eigenvalue weighted by Gasteiger charge is -2.37. The van der Waals surface area contributed by atoms with Crippen LogP contribution in [0, 0.1) is 0 Å². The molecule has 0 saturated carbocycles. The molecule has 61 heavy (non-hydrogen) atoms. The molecule has 0 unspecified atom stereocenters. The molecule has 286 valence electrons. The van der Waals surface area contributed by atoms with Crippen LogP contribution in [-0.2, 0) is 5.41 Å². The Labute approximate surface area is 357 Å². The van der Waals surface area contributed by atoms with Crippen LogP contribution in [0.2, 0.25) is 0 Å².